The number of fused-ring (bicyclic) bond motifs is 1. The van der Waals surface area contributed by atoms with Gasteiger partial charge in [0.25, 0.3) is 0 Å². The number of benzene rings is 1. The molecular formula is C13H15N3. The zero-order chi connectivity index (χ0) is 11.0. The maximum atomic E-state index is 4.65. The third-order valence-corrected chi connectivity index (χ3v) is 3.24. The molecule has 0 aliphatic carbocycles. The summed E-state index contributed by atoms with van der Waals surface area (Å²) in [5.74, 6) is 0.736. The van der Waals surface area contributed by atoms with Crippen molar-refractivity contribution in [2.45, 2.75) is 19.8 Å². The Morgan fingerprint density at radius 1 is 1.38 bits per heavy atom. The second-order valence-electron chi connectivity index (χ2n) is 4.60. The van der Waals surface area contributed by atoms with Crippen LogP contribution in [0.25, 0.3) is 10.9 Å². The van der Waals surface area contributed by atoms with E-state index in [1.54, 1.807) is 0 Å². The average molecular weight is 213 g/mol. The highest BCUT2D eigenvalue weighted by Crippen LogP contribution is 2.20. The van der Waals surface area contributed by atoms with Gasteiger partial charge in [0.1, 0.15) is 0 Å². The molecule has 2 aromatic rings. The fraction of sp³-hybridized carbons (Fsp3) is 0.385. The van der Waals surface area contributed by atoms with Crippen molar-refractivity contribution in [1.82, 2.24) is 10.2 Å². The van der Waals surface area contributed by atoms with Crippen molar-refractivity contribution in [3.05, 3.63) is 30.0 Å². The first-order valence-corrected chi connectivity index (χ1v) is 5.80. The Morgan fingerprint density at radius 2 is 2.31 bits per heavy atom. The number of aromatic nitrogens is 2. The van der Waals surface area contributed by atoms with Crippen molar-refractivity contribution in [3.8, 4) is 0 Å². The molecule has 0 saturated carbocycles. The lowest BCUT2D eigenvalue weighted by molar-refractivity contribution is 0.538. The first kappa shape index (κ1) is 9.58. The third kappa shape index (κ3) is 1.62. The molecular weight excluding hydrogens is 198 g/mol. The van der Waals surface area contributed by atoms with E-state index in [9.17, 15) is 0 Å². The molecule has 3 nitrogen and oxygen atoms in total. The maximum absolute atomic E-state index is 4.65. The van der Waals surface area contributed by atoms with Gasteiger partial charge in [-0.25, -0.2) is 0 Å². The normalized spacial score (nSPS) is 21.1. The minimum Gasteiger partial charge on any atom is -0.289 e. The van der Waals surface area contributed by atoms with Gasteiger partial charge in [0.15, 0.2) is 0 Å². The van der Waals surface area contributed by atoms with E-state index in [2.05, 4.69) is 40.3 Å². The Bertz CT molecular complexity index is 539. The van der Waals surface area contributed by atoms with Gasteiger partial charge in [0.2, 0.25) is 0 Å². The van der Waals surface area contributed by atoms with Gasteiger partial charge in [0.05, 0.1) is 11.7 Å². The van der Waals surface area contributed by atoms with Crippen LogP contribution < -0.4 is 0 Å². The summed E-state index contributed by atoms with van der Waals surface area (Å²) in [6.45, 7) is 3.23. The molecule has 3 rings (SSSR count). The molecule has 2 heterocycles. The third-order valence-electron chi connectivity index (χ3n) is 3.24. The van der Waals surface area contributed by atoms with Gasteiger partial charge < -0.3 is 0 Å². The molecule has 0 radical (unpaired) electrons. The van der Waals surface area contributed by atoms with Crippen LogP contribution in [0.3, 0.4) is 0 Å². The molecule has 0 unspecified atom stereocenters. The molecule has 0 bridgehead atoms. The summed E-state index contributed by atoms with van der Waals surface area (Å²) in [5, 5.41) is 8.20. The molecule has 1 atom stereocenters. The highest BCUT2D eigenvalue weighted by molar-refractivity contribution is 6.03. The fourth-order valence-electron chi connectivity index (χ4n) is 2.17. The van der Waals surface area contributed by atoms with Crippen molar-refractivity contribution in [1.29, 1.82) is 0 Å². The van der Waals surface area contributed by atoms with Gasteiger partial charge in [-0.05, 0) is 30.4 Å². The lowest BCUT2D eigenvalue weighted by Gasteiger charge is -2.17. The van der Waals surface area contributed by atoms with Gasteiger partial charge >= 0.3 is 0 Å². The summed E-state index contributed by atoms with van der Waals surface area (Å²) in [6.07, 6.45) is 4.20. The summed E-state index contributed by atoms with van der Waals surface area (Å²) >= 11 is 0. The first-order chi connectivity index (χ1) is 7.83. The standard InChI is InChI=1S/C13H15N3/c1-9-2-5-12(14-7-9)10-3-4-11-8-15-16-13(11)6-10/h3-4,6,8-9H,2,5,7H2,1H3,(H,15,16)/t9-/m0/s1. The molecule has 0 amide bonds. The van der Waals surface area contributed by atoms with Crippen molar-refractivity contribution in [3.63, 3.8) is 0 Å². The second kappa shape index (κ2) is 3.74. The highest BCUT2D eigenvalue weighted by atomic mass is 15.1. The van der Waals surface area contributed by atoms with E-state index >= 15 is 0 Å². The molecule has 1 N–H and O–H groups in total. The minimum absolute atomic E-state index is 0.736. The van der Waals surface area contributed by atoms with Crippen LogP contribution in [0.2, 0.25) is 0 Å². The van der Waals surface area contributed by atoms with Gasteiger partial charge in [-0.2, -0.15) is 5.10 Å². The van der Waals surface area contributed by atoms with Gasteiger partial charge in [-0.1, -0.05) is 19.1 Å². The van der Waals surface area contributed by atoms with E-state index in [4.69, 9.17) is 0 Å². The quantitative estimate of drug-likeness (QED) is 0.777. The number of nitrogens with one attached hydrogen (secondary N) is 1. The number of rotatable bonds is 1. The lowest BCUT2D eigenvalue weighted by atomic mass is 9.95. The zero-order valence-electron chi connectivity index (χ0n) is 9.40. The number of aliphatic imine (C=N–C) groups is 1. The molecule has 0 fully saturated rings. The van der Waals surface area contributed by atoms with Crippen molar-refractivity contribution in [2.75, 3.05) is 6.54 Å². The summed E-state index contributed by atoms with van der Waals surface area (Å²) in [4.78, 5) is 4.65. The Labute approximate surface area is 94.6 Å². The van der Waals surface area contributed by atoms with Gasteiger partial charge in [-0.3, -0.25) is 10.1 Å². The molecule has 1 aromatic carbocycles. The fourth-order valence-corrected chi connectivity index (χ4v) is 2.17. The van der Waals surface area contributed by atoms with E-state index in [0.717, 1.165) is 29.8 Å². The molecule has 0 saturated heterocycles. The smallest absolute Gasteiger partial charge is 0.0656 e. The monoisotopic (exact) mass is 213 g/mol. The lowest BCUT2D eigenvalue weighted by Crippen LogP contribution is -2.14. The van der Waals surface area contributed by atoms with E-state index in [1.807, 2.05) is 6.20 Å². The predicted octanol–water partition coefficient (Wildman–Crippen LogP) is 2.78. The van der Waals surface area contributed by atoms with Crippen LogP contribution in [0.4, 0.5) is 0 Å². The van der Waals surface area contributed by atoms with Crippen LogP contribution in [0, 0.1) is 5.92 Å². The molecule has 1 aliphatic rings. The number of hydrogen-bond acceptors (Lipinski definition) is 2. The Kier molecular flexibility index (Phi) is 2.24. The molecule has 0 spiro atoms. The molecule has 3 heteroatoms. The van der Waals surface area contributed by atoms with E-state index in [1.165, 1.54) is 17.7 Å². The summed E-state index contributed by atoms with van der Waals surface area (Å²) in [7, 11) is 0. The number of nitrogens with zero attached hydrogens (tertiary/aromatic N) is 2. The second-order valence-corrected chi connectivity index (χ2v) is 4.60. The van der Waals surface area contributed by atoms with Crippen LogP contribution >= 0.6 is 0 Å². The van der Waals surface area contributed by atoms with Crippen LogP contribution in [0.15, 0.2) is 29.4 Å². The van der Waals surface area contributed by atoms with E-state index < -0.39 is 0 Å². The number of H-pyrrole nitrogens is 1. The number of hydrogen-bond donors (Lipinski definition) is 1. The van der Waals surface area contributed by atoms with Crippen LogP contribution in [-0.2, 0) is 0 Å². The topological polar surface area (TPSA) is 41.0 Å². The van der Waals surface area contributed by atoms with Gasteiger partial charge in [0, 0.05) is 17.6 Å². The maximum Gasteiger partial charge on any atom is 0.0656 e. The van der Waals surface area contributed by atoms with E-state index in [0.29, 0.717) is 0 Å². The first-order valence-electron chi connectivity index (χ1n) is 5.80. The molecule has 16 heavy (non-hydrogen) atoms. The largest absolute Gasteiger partial charge is 0.289 e. The predicted molar refractivity (Wildman–Crippen MR) is 65.9 cm³/mol. The van der Waals surface area contributed by atoms with Gasteiger partial charge in [-0.15, -0.1) is 0 Å². The van der Waals surface area contributed by atoms with Crippen LogP contribution in [-0.4, -0.2) is 22.5 Å². The summed E-state index contributed by atoms with van der Waals surface area (Å²) in [6, 6.07) is 6.40. The van der Waals surface area contributed by atoms with Crippen molar-refractivity contribution >= 4 is 16.6 Å². The molecule has 1 aliphatic heterocycles. The minimum atomic E-state index is 0.736. The van der Waals surface area contributed by atoms with Crippen molar-refractivity contribution in [2.24, 2.45) is 10.9 Å². The Balaban J connectivity index is 1.99. The summed E-state index contributed by atoms with van der Waals surface area (Å²) < 4.78 is 0. The Morgan fingerprint density at radius 3 is 3.12 bits per heavy atom. The SMILES string of the molecule is C[C@H]1CCC(c2ccc3cn[nH]c3c2)=NC1. The average Bonchev–Trinajstić information content (AvgIpc) is 2.77. The van der Waals surface area contributed by atoms with Crippen LogP contribution in [0.1, 0.15) is 25.3 Å². The molecule has 1 aromatic heterocycles. The zero-order valence-corrected chi connectivity index (χ0v) is 9.40. The van der Waals surface area contributed by atoms with E-state index in [-0.39, 0.29) is 0 Å². The van der Waals surface area contributed by atoms with Crippen LogP contribution in [0.5, 0.6) is 0 Å². The van der Waals surface area contributed by atoms with Crippen molar-refractivity contribution < 1.29 is 0 Å². The summed E-state index contributed by atoms with van der Waals surface area (Å²) in [5.41, 5.74) is 3.58. The highest BCUT2D eigenvalue weighted by Gasteiger charge is 2.13. The molecule has 82 valence electrons. The number of aromatic amines is 1. The Hall–Kier alpha value is -1.64.